The first-order valence-corrected chi connectivity index (χ1v) is 10.5. The third-order valence-electron chi connectivity index (χ3n) is 4.44. The highest BCUT2D eigenvalue weighted by Crippen LogP contribution is 2.25. The lowest BCUT2D eigenvalue weighted by molar-refractivity contribution is -0.113. The largest absolute Gasteiger partial charge is 0.323 e. The van der Waals surface area contributed by atoms with Gasteiger partial charge in [0.15, 0.2) is 16.1 Å². The van der Waals surface area contributed by atoms with E-state index in [1.165, 1.54) is 11.8 Å². The number of halogens is 1. The Hall–Kier alpha value is -2.42. The molecule has 152 valence electrons. The minimum atomic E-state index is -0.179. The van der Waals surface area contributed by atoms with Gasteiger partial charge in [0.1, 0.15) is 0 Å². The lowest BCUT2D eigenvalue weighted by Crippen LogP contribution is -2.21. The summed E-state index contributed by atoms with van der Waals surface area (Å²) in [6, 6.07) is 13.7. The van der Waals surface area contributed by atoms with Crippen molar-refractivity contribution in [1.82, 2.24) is 24.6 Å². The van der Waals surface area contributed by atoms with Crippen molar-refractivity contribution >= 4 is 35.0 Å². The van der Waals surface area contributed by atoms with Gasteiger partial charge in [0, 0.05) is 6.20 Å². The van der Waals surface area contributed by atoms with E-state index in [1.54, 1.807) is 18.3 Å². The van der Waals surface area contributed by atoms with Gasteiger partial charge in [-0.15, -0.1) is 10.2 Å². The van der Waals surface area contributed by atoms with Crippen LogP contribution in [-0.4, -0.2) is 50.4 Å². The van der Waals surface area contributed by atoms with Crippen LogP contribution in [0, 0.1) is 0 Å². The number of anilines is 1. The lowest BCUT2D eigenvalue weighted by Gasteiger charge is -2.20. The summed E-state index contributed by atoms with van der Waals surface area (Å²) in [4.78, 5) is 18.4. The van der Waals surface area contributed by atoms with Gasteiger partial charge >= 0.3 is 0 Å². The number of nitrogens with one attached hydrogen (secondary N) is 1. The Balaban J connectivity index is 1.76. The number of hydrogen-bond acceptors (Lipinski definition) is 6. The van der Waals surface area contributed by atoms with E-state index < -0.39 is 0 Å². The first-order chi connectivity index (χ1) is 14.0. The van der Waals surface area contributed by atoms with Crippen LogP contribution >= 0.6 is 23.4 Å². The van der Waals surface area contributed by atoms with E-state index in [0.717, 1.165) is 11.4 Å². The normalized spacial score (nSPS) is 12.2. The Labute approximate surface area is 179 Å². The van der Waals surface area contributed by atoms with Crippen molar-refractivity contribution in [3.63, 3.8) is 0 Å². The molecule has 1 atom stereocenters. The third-order valence-corrected chi connectivity index (χ3v) is 5.71. The van der Waals surface area contributed by atoms with Crippen LogP contribution in [0.25, 0.3) is 0 Å². The molecule has 3 rings (SSSR count). The number of carbonyl (C=O) groups is 1. The van der Waals surface area contributed by atoms with Crippen LogP contribution in [0.4, 0.5) is 5.69 Å². The van der Waals surface area contributed by atoms with Gasteiger partial charge < -0.3 is 9.88 Å². The van der Waals surface area contributed by atoms with E-state index in [4.69, 9.17) is 11.6 Å². The van der Waals surface area contributed by atoms with E-state index in [9.17, 15) is 4.79 Å². The standard InChI is InChI=1S/C20H23ClN6OS/c1-14(26(2)3)19-24-25-20(27(19)12-15-8-5-4-6-9-15)29-13-17(28)23-16-10-7-11-22-18(16)21/h4-11,14H,12-13H2,1-3H3,(H,23,28). The molecule has 3 aromatic rings. The molecule has 0 saturated heterocycles. The monoisotopic (exact) mass is 430 g/mol. The summed E-state index contributed by atoms with van der Waals surface area (Å²) in [5.41, 5.74) is 1.64. The highest BCUT2D eigenvalue weighted by Gasteiger charge is 2.20. The maximum absolute atomic E-state index is 12.4. The maximum atomic E-state index is 12.4. The molecule has 2 heterocycles. The summed E-state index contributed by atoms with van der Waals surface area (Å²) in [7, 11) is 4.01. The van der Waals surface area contributed by atoms with Gasteiger partial charge in [-0.2, -0.15) is 0 Å². The summed E-state index contributed by atoms with van der Waals surface area (Å²) in [5, 5.41) is 12.5. The maximum Gasteiger partial charge on any atom is 0.234 e. The van der Waals surface area contributed by atoms with Crippen LogP contribution in [0.3, 0.4) is 0 Å². The summed E-state index contributed by atoms with van der Waals surface area (Å²) in [6.07, 6.45) is 1.58. The zero-order chi connectivity index (χ0) is 20.8. The van der Waals surface area contributed by atoms with E-state index >= 15 is 0 Å². The van der Waals surface area contributed by atoms with E-state index in [1.807, 2.05) is 32.3 Å². The van der Waals surface area contributed by atoms with Gasteiger partial charge in [-0.05, 0) is 38.7 Å². The Morgan fingerprint density at radius 3 is 2.66 bits per heavy atom. The minimum Gasteiger partial charge on any atom is -0.323 e. The fourth-order valence-corrected chi connectivity index (χ4v) is 3.57. The second-order valence-electron chi connectivity index (χ2n) is 6.73. The van der Waals surface area contributed by atoms with Gasteiger partial charge in [-0.1, -0.05) is 53.7 Å². The van der Waals surface area contributed by atoms with Crippen LogP contribution in [0.1, 0.15) is 24.4 Å². The molecule has 0 radical (unpaired) electrons. The number of benzene rings is 1. The molecule has 7 nitrogen and oxygen atoms in total. The Kier molecular flexibility index (Phi) is 7.24. The van der Waals surface area contributed by atoms with E-state index in [0.29, 0.717) is 17.4 Å². The Morgan fingerprint density at radius 1 is 1.21 bits per heavy atom. The molecule has 1 unspecified atom stereocenters. The molecule has 2 aromatic heterocycles. The molecule has 0 aliphatic rings. The number of nitrogens with zero attached hydrogens (tertiary/aromatic N) is 5. The predicted molar refractivity (Wildman–Crippen MR) is 116 cm³/mol. The molecule has 1 N–H and O–H groups in total. The Bertz CT molecular complexity index is 963. The third kappa shape index (κ3) is 5.56. The van der Waals surface area contributed by atoms with E-state index in [2.05, 4.69) is 49.0 Å². The molecule has 0 fully saturated rings. The summed E-state index contributed by atoms with van der Waals surface area (Å²) in [5.74, 6) is 0.868. The number of carbonyl (C=O) groups excluding carboxylic acids is 1. The molecule has 0 aliphatic carbocycles. The van der Waals surface area contributed by atoms with Crippen LogP contribution in [0.15, 0.2) is 53.8 Å². The fourth-order valence-electron chi connectivity index (χ4n) is 2.66. The molecule has 1 amide bonds. The van der Waals surface area contributed by atoms with Crippen LogP contribution in [0.2, 0.25) is 5.15 Å². The smallest absolute Gasteiger partial charge is 0.234 e. The summed E-state index contributed by atoms with van der Waals surface area (Å²) >= 11 is 7.35. The molecule has 29 heavy (non-hydrogen) atoms. The van der Waals surface area contributed by atoms with Gasteiger partial charge in [0.05, 0.1) is 24.0 Å². The summed E-state index contributed by atoms with van der Waals surface area (Å²) in [6.45, 7) is 2.72. The van der Waals surface area contributed by atoms with Gasteiger partial charge in [0.25, 0.3) is 0 Å². The number of pyridine rings is 1. The summed E-state index contributed by atoms with van der Waals surface area (Å²) < 4.78 is 2.06. The first-order valence-electron chi connectivity index (χ1n) is 9.12. The molecule has 0 spiro atoms. The van der Waals surface area contributed by atoms with Crippen molar-refractivity contribution in [2.24, 2.45) is 0 Å². The minimum absolute atomic E-state index is 0.0867. The topological polar surface area (TPSA) is 75.9 Å². The average Bonchev–Trinajstić information content (AvgIpc) is 3.10. The molecule has 0 bridgehead atoms. The van der Waals surface area contributed by atoms with Crippen molar-refractivity contribution in [3.05, 3.63) is 65.2 Å². The number of thioether (sulfide) groups is 1. The number of rotatable bonds is 8. The number of hydrogen-bond donors (Lipinski definition) is 1. The second kappa shape index (κ2) is 9.87. The number of aromatic nitrogens is 4. The van der Waals surface area contributed by atoms with Crippen molar-refractivity contribution in [2.45, 2.75) is 24.7 Å². The van der Waals surface area contributed by atoms with Gasteiger partial charge in [0.2, 0.25) is 5.91 Å². The van der Waals surface area contributed by atoms with Crippen molar-refractivity contribution in [2.75, 3.05) is 25.2 Å². The fraction of sp³-hybridized carbons (Fsp3) is 0.300. The average molecular weight is 431 g/mol. The first kappa shape index (κ1) is 21.3. The van der Waals surface area contributed by atoms with Gasteiger partial charge in [-0.25, -0.2) is 4.98 Å². The molecule has 0 saturated carbocycles. The quantitative estimate of drug-likeness (QED) is 0.433. The van der Waals surface area contributed by atoms with Crippen molar-refractivity contribution in [3.8, 4) is 0 Å². The van der Waals surface area contributed by atoms with Crippen molar-refractivity contribution in [1.29, 1.82) is 0 Å². The molecule has 9 heteroatoms. The molecule has 0 aliphatic heterocycles. The molecular formula is C20H23ClN6OS. The highest BCUT2D eigenvalue weighted by molar-refractivity contribution is 7.99. The van der Waals surface area contributed by atoms with Crippen LogP contribution < -0.4 is 5.32 Å². The highest BCUT2D eigenvalue weighted by atomic mass is 35.5. The lowest BCUT2D eigenvalue weighted by atomic mass is 10.2. The second-order valence-corrected chi connectivity index (χ2v) is 8.03. The Morgan fingerprint density at radius 2 is 1.97 bits per heavy atom. The SMILES string of the molecule is CC(c1nnc(SCC(=O)Nc2cccnc2Cl)n1Cc1ccccc1)N(C)C. The zero-order valence-corrected chi connectivity index (χ0v) is 18.1. The molecule has 1 aromatic carbocycles. The molecular weight excluding hydrogens is 408 g/mol. The van der Waals surface area contributed by atoms with Gasteiger partial charge in [-0.3, -0.25) is 9.69 Å². The van der Waals surface area contributed by atoms with Crippen molar-refractivity contribution < 1.29 is 4.79 Å². The predicted octanol–water partition coefficient (Wildman–Crippen LogP) is 3.73. The van der Waals surface area contributed by atoms with E-state index in [-0.39, 0.29) is 22.9 Å². The number of amides is 1. The van der Waals surface area contributed by atoms with Crippen LogP contribution in [0.5, 0.6) is 0 Å². The zero-order valence-electron chi connectivity index (χ0n) is 16.5. The van der Waals surface area contributed by atoms with Crippen LogP contribution in [-0.2, 0) is 11.3 Å².